The molecule has 2 amide bonds. The monoisotopic (exact) mass is 983 g/mol. The highest BCUT2D eigenvalue weighted by Gasteiger charge is 2.08. The minimum absolute atomic E-state index is 0.0790. The zero-order valence-electron chi connectivity index (χ0n) is 46.0. The number of methoxy groups -OCH3 is 1. The van der Waals surface area contributed by atoms with Crippen LogP contribution in [0.5, 0.6) is 0 Å². The van der Waals surface area contributed by atoms with Gasteiger partial charge in [0.15, 0.2) is 0 Å². The van der Waals surface area contributed by atoms with E-state index in [0.29, 0.717) is 52.0 Å². The highest BCUT2D eigenvalue weighted by molar-refractivity contribution is 5.76. The van der Waals surface area contributed by atoms with E-state index in [0.717, 1.165) is 84.7 Å². The van der Waals surface area contributed by atoms with E-state index in [1.807, 2.05) is 14.1 Å². The van der Waals surface area contributed by atoms with E-state index in [9.17, 15) is 9.59 Å². The van der Waals surface area contributed by atoms with Gasteiger partial charge in [0.25, 0.3) is 0 Å². The van der Waals surface area contributed by atoms with Crippen molar-refractivity contribution in [1.82, 2.24) is 42.5 Å². The summed E-state index contributed by atoms with van der Waals surface area (Å²) in [5.74, 6) is 0.325. The fourth-order valence-electron chi connectivity index (χ4n) is 8.64. The first-order valence-corrected chi connectivity index (χ1v) is 29.5. The van der Waals surface area contributed by atoms with E-state index in [2.05, 4.69) is 42.5 Å². The third-order valence-electron chi connectivity index (χ3n) is 13.1. The molecule has 0 saturated carbocycles. The minimum atomic E-state index is 0.0790. The lowest BCUT2D eigenvalue weighted by molar-refractivity contribution is -0.122. The Bertz CT molecular complexity index is 980. The number of amides is 2. The number of ether oxygens (including phenoxy) is 3. The second kappa shape index (κ2) is 60.9. The van der Waals surface area contributed by atoms with Gasteiger partial charge in [0.05, 0.1) is 39.2 Å². The van der Waals surface area contributed by atoms with Gasteiger partial charge in [-0.15, -0.1) is 0 Å². The average molecular weight is 984 g/mol. The van der Waals surface area contributed by atoms with Crippen molar-refractivity contribution in [3.05, 3.63) is 0 Å². The zero-order valence-corrected chi connectivity index (χ0v) is 46.0. The van der Waals surface area contributed by atoms with Crippen molar-refractivity contribution in [2.45, 2.75) is 231 Å². The predicted molar refractivity (Wildman–Crippen MR) is 295 cm³/mol. The van der Waals surface area contributed by atoms with Gasteiger partial charge in [0.2, 0.25) is 11.8 Å². The van der Waals surface area contributed by atoms with Crippen LogP contribution in [0.25, 0.3) is 0 Å². The molecule has 0 spiro atoms. The summed E-state index contributed by atoms with van der Waals surface area (Å²) in [6.45, 7) is 13.0. The van der Waals surface area contributed by atoms with Gasteiger partial charge in [-0.05, 0) is 131 Å². The molecule has 0 saturated heterocycles. The van der Waals surface area contributed by atoms with Crippen molar-refractivity contribution in [3.8, 4) is 0 Å². The smallest absolute Gasteiger partial charge is 0.222 e. The number of hydrogen-bond acceptors (Lipinski definition) is 11. The standard InChI is InChI=1S/C56H118N8O5/c1-57-39-34-43-59-41-30-32-45-61-54(62-46-33-31-42-60-44-35-40-58-2)36-26-23-25-29-47-63-55(65)37-27-22-20-18-16-14-12-10-8-6-4-5-7-9-11-13-15-17-19-21-24-28-48-64-56(66)38-49-68-52-53-69-51-50-67-3/h54,57-62H,4-53H2,1-3H3,(H,63,65)(H,64,66). The van der Waals surface area contributed by atoms with Crippen molar-refractivity contribution in [2.75, 3.05) is 120 Å². The Kier molecular flexibility index (Phi) is 59.6. The van der Waals surface area contributed by atoms with Gasteiger partial charge >= 0.3 is 0 Å². The topological polar surface area (TPSA) is 158 Å². The van der Waals surface area contributed by atoms with Crippen LogP contribution in [-0.4, -0.2) is 138 Å². The Morgan fingerprint density at radius 3 is 1.10 bits per heavy atom. The lowest BCUT2D eigenvalue weighted by atomic mass is 10.0. The summed E-state index contributed by atoms with van der Waals surface area (Å²) in [6, 6.07) is 0. The summed E-state index contributed by atoms with van der Waals surface area (Å²) in [6.07, 6.45) is 43.8. The number of unbranched alkanes of at least 4 members (excludes halogenated alkanes) is 26. The van der Waals surface area contributed by atoms with Gasteiger partial charge < -0.3 is 56.7 Å². The molecule has 13 nitrogen and oxygen atoms in total. The lowest BCUT2D eigenvalue weighted by Crippen LogP contribution is -2.43. The number of carbonyl (C=O) groups excluding carboxylic acids is 2. The average Bonchev–Trinajstić information content (AvgIpc) is 3.35. The SMILES string of the molecule is CNCCCNCCCCNC(CCCCCCNC(=O)CCCCCCCCCCCCCCCCCCCCCCCCNC(=O)CCOCCOCCOC)NCCCCNCCCNC. The molecule has 13 heteroatoms. The molecule has 0 heterocycles. The van der Waals surface area contributed by atoms with Gasteiger partial charge in [-0.25, -0.2) is 0 Å². The Labute approximate surface area is 427 Å². The van der Waals surface area contributed by atoms with E-state index < -0.39 is 0 Å². The Morgan fingerprint density at radius 2 is 0.667 bits per heavy atom. The first kappa shape index (κ1) is 67.6. The van der Waals surface area contributed by atoms with Crippen LogP contribution in [0, 0.1) is 0 Å². The van der Waals surface area contributed by atoms with Crippen molar-refractivity contribution in [1.29, 1.82) is 0 Å². The van der Waals surface area contributed by atoms with Gasteiger partial charge in [-0.1, -0.05) is 148 Å². The van der Waals surface area contributed by atoms with E-state index in [-0.39, 0.29) is 11.8 Å². The first-order chi connectivity index (χ1) is 34.1. The Hall–Kier alpha value is -1.42. The Balaban J connectivity index is 3.54. The molecule has 0 aliphatic heterocycles. The lowest BCUT2D eigenvalue weighted by Gasteiger charge is -2.21. The maximum atomic E-state index is 12.4. The Morgan fingerprint density at radius 1 is 0.333 bits per heavy atom. The van der Waals surface area contributed by atoms with Crippen LogP contribution >= 0.6 is 0 Å². The van der Waals surface area contributed by atoms with Crippen LogP contribution in [0.15, 0.2) is 0 Å². The van der Waals surface area contributed by atoms with Crippen molar-refractivity contribution in [2.24, 2.45) is 0 Å². The second-order valence-electron chi connectivity index (χ2n) is 19.7. The molecule has 0 radical (unpaired) electrons. The maximum Gasteiger partial charge on any atom is 0.222 e. The van der Waals surface area contributed by atoms with E-state index in [4.69, 9.17) is 14.2 Å². The molecule has 0 atom stereocenters. The van der Waals surface area contributed by atoms with Crippen molar-refractivity contribution in [3.63, 3.8) is 0 Å². The molecule has 0 aromatic carbocycles. The molecule has 0 fully saturated rings. The molecule has 0 aliphatic rings. The number of hydrogen-bond donors (Lipinski definition) is 8. The predicted octanol–water partition coefficient (Wildman–Crippen LogP) is 9.68. The second-order valence-corrected chi connectivity index (χ2v) is 19.7. The fourth-order valence-corrected chi connectivity index (χ4v) is 8.64. The van der Waals surface area contributed by atoms with E-state index in [1.54, 1.807) is 7.11 Å². The van der Waals surface area contributed by atoms with Crippen LogP contribution in [0.3, 0.4) is 0 Å². The summed E-state index contributed by atoms with van der Waals surface area (Å²) in [5.41, 5.74) is 0. The third-order valence-corrected chi connectivity index (χ3v) is 13.1. The fraction of sp³-hybridized carbons (Fsp3) is 0.964. The number of carbonyl (C=O) groups is 2. The summed E-state index contributed by atoms with van der Waals surface area (Å²) < 4.78 is 15.7. The molecule has 412 valence electrons. The van der Waals surface area contributed by atoms with Crippen molar-refractivity contribution >= 4 is 11.8 Å². The quantitative estimate of drug-likeness (QED) is 0.0217. The molecule has 0 rings (SSSR count). The molecule has 0 unspecified atom stereocenters. The van der Waals surface area contributed by atoms with Gasteiger partial charge in [0.1, 0.15) is 0 Å². The van der Waals surface area contributed by atoms with E-state index >= 15 is 0 Å². The third kappa shape index (κ3) is 59.0. The highest BCUT2D eigenvalue weighted by atomic mass is 16.5. The van der Waals surface area contributed by atoms with Gasteiger partial charge in [0, 0.05) is 33.0 Å². The minimum Gasteiger partial charge on any atom is -0.382 e. The van der Waals surface area contributed by atoms with Crippen LogP contribution in [0.1, 0.15) is 225 Å². The van der Waals surface area contributed by atoms with Gasteiger partial charge in [-0.3, -0.25) is 9.59 Å². The van der Waals surface area contributed by atoms with E-state index in [1.165, 1.54) is 193 Å². The molecular weight excluding hydrogens is 865 g/mol. The summed E-state index contributed by atoms with van der Waals surface area (Å²) >= 11 is 0. The summed E-state index contributed by atoms with van der Waals surface area (Å²) in [7, 11) is 5.69. The van der Waals surface area contributed by atoms with Gasteiger partial charge in [-0.2, -0.15) is 0 Å². The number of rotatable bonds is 61. The molecule has 0 aliphatic carbocycles. The van der Waals surface area contributed by atoms with Crippen LogP contribution in [0.2, 0.25) is 0 Å². The molecule has 0 aromatic rings. The molecule has 8 N–H and O–H groups in total. The summed E-state index contributed by atoms with van der Waals surface area (Å²) in [4.78, 5) is 24.3. The summed E-state index contributed by atoms with van der Waals surface area (Å²) in [5, 5.41) is 27.4. The largest absolute Gasteiger partial charge is 0.382 e. The van der Waals surface area contributed by atoms with Crippen LogP contribution < -0.4 is 42.5 Å². The maximum absolute atomic E-state index is 12.4. The first-order valence-electron chi connectivity index (χ1n) is 29.5. The highest BCUT2D eigenvalue weighted by Crippen LogP contribution is 2.16. The van der Waals surface area contributed by atoms with Crippen LogP contribution in [-0.2, 0) is 23.8 Å². The van der Waals surface area contributed by atoms with Crippen LogP contribution in [0.4, 0.5) is 0 Å². The molecule has 0 bridgehead atoms. The number of nitrogens with one attached hydrogen (secondary N) is 8. The molecular formula is C56H118N8O5. The van der Waals surface area contributed by atoms with Crippen molar-refractivity contribution < 1.29 is 23.8 Å². The molecule has 0 aromatic heterocycles. The molecule has 69 heavy (non-hydrogen) atoms. The zero-order chi connectivity index (χ0) is 49.9. The normalized spacial score (nSPS) is 11.6.